The number of hydrogen-bond donors (Lipinski definition) is 1. The number of amides is 1. The molecule has 1 aliphatic heterocycles. The summed E-state index contributed by atoms with van der Waals surface area (Å²) in [5, 5.41) is 9.84. The van der Waals surface area contributed by atoms with Gasteiger partial charge in [-0.2, -0.15) is 0 Å². The minimum absolute atomic E-state index is 0.253. The average Bonchev–Trinajstić information content (AvgIpc) is 3.82. The smallest absolute Gasteiger partial charge is 0.306 e. The number of pyridine rings is 1. The largest absolute Gasteiger partial charge is 0.481 e. The summed E-state index contributed by atoms with van der Waals surface area (Å²) < 4.78 is 49.6. The van der Waals surface area contributed by atoms with E-state index < -0.39 is 63.7 Å². The van der Waals surface area contributed by atoms with Crippen LogP contribution in [0.3, 0.4) is 0 Å². The second kappa shape index (κ2) is 12.8. The van der Waals surface area contributed by atoms with Crippen LogP contribution in [0, 0.1) is 5.82 Å². The molecule has 0 radical (unpaired) electrons. The summed E-state index contributed by atoms with van der Waals surface area (Å²) in [7, 11) is -4.02. The second-order valence-electron chi connectivity index (χ2n) is 10.6. The van der Waals surface area contributed by atoms with Crippen molar-refractivity contribution in [3.63, 3.8) is 0 Å². The zero-order valence-electron chi connectivity index (χ0n) is 23.1. The van der Waals surface area contributed by atoms with Crippen molar-refractivity contribution < 1.29 is 32.2 Å². The van der Waals surface area contributed by atoms with Crippen molar-refractivity contribution in [1.29, 1.82) is 0 Å². The minimum atomic E-state index is -4.02. The molecule has 0 bridgehead atoms. The van der Waals surface area contributed by atoms with Crippen LogP contribution in [-0.2, 0) is 24.3 Å². The maximum atomic E-state index is 15.1. The van der Waals surface area contributed by atoms with Crippen LogP contribution in [-0.4, -0.2) is 59.2 Å². The van der Waals surface area contributed by atoms with Crippen LogP contribution in [0.4, 0.5) is 10.2 Å². The number of morpholine rings is 1. The van der Waals surface area contributed by atoms with Gasteiger partial charge in [-0.1, -0.05) is 54.4 Å². The van der Waals surface area contributed by atoms with E-state index in [1.807, 2.05) is 0 Å². The van der Waals surface area contributed by atoms with Crippen LogP contribution in [0.1, 0.15) is 55.9 Å². The van der Waals surface area contributed by atoms with Gasteiger partial charge in [-0.25, -0.2) is 22.1 Å². The number of anilines is 1. The second-order valence-corrected chi connectivity index (χ2v) is 13.6. The van der Waals surface area contributed by atoms with Crippen molar-refractivity contribution in [2.24, 2.45) is 0 Å². The summed E-state index contributed by atoms with van der Waals surface area (Å²) >= 11 is 12.5. The Morgan fingerprint density at radius 2 is 1.84 bits per heavy atom. The Morgan fingerprint density at radius 1 is 1.12 bits per heavy atom. The SMILES string of the molecule is CCC(CN(c1ncccc1F)S(=O)(=O)C1CC1)N1C(=O)C(CC(=O)O)OC(c2cccc(Cl)c2)C1c1ccc(Cl)cc1. The summed E-state index contributed by atoms with van der Waals surface area (Å²) in [5.74, 6) is -3.04. The Bertz CT molecular complexity index is 1610. The normalized spacial score (nSPS) is 21.4. The Morgan fingerprint density at radius 3 is 2.44 bits per heavy atom. The Hall–Kier alpha value is -3.25. The molecule has 43 heavy (non-hydrogen) atoms. The molecular formula is C30H30Cl2FN3O6S. The van der Waals surface area contributed by atoms with Gasteiger partial charge in [0.1, 0.15) is 12.2 Å². The van der Waals surface area contributed by atoms with Crippen LogP contribution in [0.15, 0.2) is 66.9 Å². The van der Waals surface area contributed by atoms with E-state index in [9.17, 15) is 23.1 Å². The first-order valence-corrected chi connectivity index (χ1v) is 16.1. The predicted molar refractivity (Wildman–Crippen MR) is 160 cm³/mol. The minimum Gasteiger partial charge on any atom is -0.481 e. The van der Waals surface area contributed by atoms with Gasteiger partial charge in [0.15, 0.2) is 11.6 Å². The molecule has 9 nitrogen and oxygen atoms in total. The highest BCUT2D eigenvalue weighted by Crippen LogP contribution is 2.45. The number of ether oxygens (including phenoxy) is 1. The lowest BCUT2D eigenvalue weighted by Gasteiger charge is -2.48. The molecule has 228 valence electrons. The third-order valence-corrected chi connectivity index (χ3v) is 10.4. The topological polar surface area (TPSA) is 117 Å². The van der Waals surface area contributed by atoms with Crippen molar-refractivity contribution in [3.8, 4) is 0 Å². The zero-order valence-corrected chi connectivity index (χ0v) is 25.5. The maximum absolute atomic E-state index is 15.1. The number of benzene rings is 2. The number of rotatable bonds is 11. The lowest BCUT2D eigenvalue weighted by atomic mass is 9.89. The number of halogens is 3. The molecule has 2 heterocycles. The zero-order chi connectivity index (χ0) is 30.9. The van der Waals surface area contributed by atoms with Crippen molar-refractivity contribution in [1.82, 2.24) is 9.88 Å². The van der Waals surface area contributed by atoms with Crippen molar-refractivity contribution >= 4 is 50.9 Å². The predicted octanol–water partition coefficient (Wildman–Crippen LogP) is 5.79. The van der Waals surface area contributed by atoms with Crippen LogP contribution in [0.2, 0.25) is 10.0 Å². The molecule has 1 N–H and O–H groups in total. The third-order valence-electron chi connectivity index (χ3n) is 7.65. The van der Waals surface area contributed by atoms with Gasteiger partial charge in [0.25, 0.3) is 5.91 Å². The van der Waals surface area contributed by atoms with Gasteiger partial charge in [0.05, 0.1) is 30.3 Å². The van der Waals surface area contributed by atoms with Gasteiger partial charge in [0, 0.05) is 16.2 Å². The Labute approximate surface area is 259 Å². The number of carboxylic acid groups (broad SMARTS) is 1. The first-order chi connectivity index (χ1) is 20.5. The summed E-state index contributed by atoms with van der Waals surface area (Å²) in [5.41, 5.74) is 1.21. The number of aromatic nitrogens is 1. The lowest BCUT2D eigenvalue weighted by Crippen LogP contribution is -2.58. The van der Waals surface area contributed by atoms with E-state index in [1.54, 1.807) is 55.5 Å². The van der Waals surface area contributed by atoms with E-state index in [4.69, 9.17) is 27.9 Å². The van der Waals surface area contributed by atoms with E-state index in [2.05, 4.69) is 4.98 Å². The first kappa shape index (κ1) is 31.2. The Balaban J connectivity index is 1.66. The molecule has 3 aromatic rings. The van der Waals surface area contributed by atoms with Gasteiger partial charge in [0.2, 0.25) is 10.0 Å². The summed E-state index contributed by atoms with van der Waals surface area (Å²) in [6.45, 7) is 1.48. The standard InChI is InChI=1S/C30H30Cl2FN3O6S/c1-2-22(17-35(43(40,41)23-12-13-23)29-24(33)7-4-14-34-29)36-27(18-8-10-20(31)11-9-18)28(19-5-3-6-21(32)15-19)42-25(30(36)39)16-26(37)38/h3-11,14-15,22-23,25,27-28H,2,12-13,16-17H2,1H3,(H,37,38). The first-order valence-electron chi connectivity index (χ1n) is 13.8. The molecule has 0 spiro atoms. The maximum Gasteiger partial charge on any atom is 0.306 e. The van der Waals surface area contributed by atoms with Crippen LogP contribution >= 0.6 is 23.2 Å². The number of nitrogens with zero attached hydrogens (tertiary/aromatic N) is 3. The molecule has 5 rings (SSSR count). The molecule has 2 aliphatic rings. The molecule has 2 aromatic carbocycles. The number of aliphatic carboxylic acids is 1. The molecule has 2 fully saturated rings. The fraction of sp³-hybridized carbons (Fsp3) is 0.367. The van der Waals surface area contributed by atoms with E-state index in [0.29, 0.717) is 34.0 Å². The molecule has 1 saturated carbocycles. The number of hydrogen-bond acceptors (Lipinski definition) is 6. The van der Waals surface area contributed by atoms with Gasteiger partial charge >= 0.3 is 5.97 Å². The summed E-state index contributed by atoms with van der Waals surface area (Å²) in [6.07, 6.45) is -0.437. The van der Waals surface area contributed by atoms with Gasteiger partial charge < -0.3 is 14.7 Å². The number of carbonyl (C=O) groups excluding carboxylic acids is 1. The van der Waals surface area contributed by atoms with E-state index in [0.717, 1.165) is 10.4 Å². The van der Waals surface area contributed by atoms with E-state index in [-0.39, 0.29) is 18.8 Å². The van der Waals surface area contributed by atoms with Crippen molar-refractivity contribution in [2.75, 3.05) is 10.8 Å². The van der Waals surface area contributed by atoms with Crippen LogP contribution in [0.5, 0.6) is 0 Å². The Kier molecular flexibility index (Phi) is 9.26. The fourth-order valence-corrected chi connectivity index (χ4v) is 7.59. The molecule has 1 aliphatic carbocycles. The highest BCUT2D eigenvalue weighted by atomic mass is 35.5. The monoisotopic (exact) mass is 649 g/mol. The molecule has 13 heteroatoms. The van der Waals surface area contributed by atoms with E-state index >= 15 is 4.39 Å². The average molecular weight is 651 g/mol. The van der Waals surface area contributed by atoms with Crippen molar-refractivity contribution in [2.45, 2.75) is 62.1 Å². The summed E-state index contributed by atoms with van der Waals surface area (Å²) in [6, 6.07) is 14.5. The highest BCUT2D eigenvalue weighted by Gasteiger charge is 2.49. The number of sulfonamides is 1. The molecule has 4 unspecified atom stereocenters. The summed E-state index contributed by atoms with van der Waals surface area (Å²) in [4.78, 5) is 31.5. The lowest BCUT2D eigenvalue weighted by molar-refractivity contribution is -0.183. The number of carboxylic acids is 1. The number of carbonyl (C=O) groups is 2. The molecule has 1 amide bonds. The molecule has 1 aromatic heterocycles. The van der Waals surface area contributed by atoms with Crippen LogP contribution < -0.4 is 4.31 Å². The third kappa shape index (κ3) is 6.64. The molecule has 4 atom stereocenters. The highest BCUT2D eigenvalue weighted by molar-refractivity contribution is 7.93. The van der Waals surface area contributed by atoms with Crippen molar-refractivity contribution in [3.05, 3.63) is 93.8 Å². The van der Waals surface area contributed by atoms with E-state index in [1.165, 1.54) is 17.2 Å². The van der Waals surface area contributed by atoms with Gasteiger partial charge in [-0.3, -0.25) is 9.59 Å². The molecular weight excluding hydrogens is 620 g/mol. The molecule has 1 saturated heterocycles. The fourth-order valence-electron chi connectivity index (χ4n) is 5.42. The van der Waals surface area contributed by atoms with Gasteiger partial charge in [-0.15, -0.1) is 0 Å². The van der Waals surface area contributed by atoms with Crippen LogP contribution in [0.25, 0.3) is 0 Å². The quantitative estimate of drug-likeness (QED) is 0.279. The van der Waals surface area contributed by atoms with Gasteiger partial charge in [-0.05, 0) is 66.8 Å².